The molecule has 1 N–H and O–H groups in total. The van der Waals surface area contributed by atoms with Crippen molar-refractivity contribution < 1.29 is 4.79 Å². The SMILES string of the molecule is Cc1ccccc1N1NC(C(C)C)CC1=O. The van der Waals surface area contributed by atoms with Crippen LogP contribution in [-0.4, -0.2) is 11.9 Å². The first-order chi connectivity index (χ1) is 7.59. The summed E-state index contributed by atoms with van der Waals surface area (Å²) in [6.07, 6.45) is 0.589. The zero-order valence-electron chi connectivity index (χ0n) is 10.0. The maximum atomic E-state index is 11.9. The van der Waals surface area contributed by atoms with E-state index in [1.54, 1.807) is 5.01 Å². The predicted octanol–water partition coefficient (Wildman–Crippen LogP) is 2.26. The van der Waals surface area contributed by atoms with E-state index in [1.807, 2.05) is 31.2 Å². The number of anilines is 1. The van der Waals surface area contributed by atoms with Crippen LogP contribution in [-0.2, 0) is 4.79 Å². The number of carbonyl (C=O) groups excluding carboxylic acids is 1. The smallest absolute Gasteiger partial charge is 0.243 e. The van der Waals surface area contributed by atoms with E-state index in [1.165, 1.54) is 0 Å². The van der Waals surface area contributed by atoms with Crippen LogP contribution in [0.5, 0.6) is 0 Å². The van der Waals surface area contributed by atoms with Gasteiger partial charge in [0.2, 0.25) is 5.91 Å². The number of para-hydroxylation sites is 1. The molecule has 86 valence electrons. The zero-order chi connectivity index (χ0) is 11.7. The average molecular weight is 218 g/mol. The van der Waals surface area contributed by atoms with Gasteiger partial charge in [0.15, 0.2) is 0 Å². The number of hydrogen-bond donors (Lipinski definition) is 1. The fourth-order valence-corrected chi connectivity index (χ4v) is 1.97. The molecule has 0 aliphatic carbocycles. The monoisotopic (exact) mass is 218 g/mol. The van der Waals surface area contributed by atoms with Gasteiger partial charge in [-0.1, -0.05) is 32.0 Å². The minimum atomic E-state index is 0.160. The third kappa shape index (κ3) is 1.95. The van der Waals surface area contributed by atoms with Crippen LogP contribution in [0.25, 0.3) is 0 Å². The van der Waals surface area contributed by atoms with Crippen molar-refractivity contribution in [3.8, 4) is 0 Å². The van der Waals surface area contributed by atoms with Crippen LogP contribution in [0.3, 0.4) is 0 Å². The Balaban J connectivity index is 2.24. The van der Waals surface area contributed by atoms with E-state index in [0.717, 1.165) is 11.3 Å². The second-order valence-corrected chi connectivity index (χ2v) is 4.70. The molecule has 0 radical (unpaired) electrons. The molecule has 0 saturated carbocycles. The number of rotatable bonds is 2. The van der Waals surface area contributed by atoms with E-state index in [9.17, 15) is 4.79 Å². The van der Waals surface area contributed by atoms with Crippen LogP contribution < -0.4 is 10.4 Å². The van der Waals surface area contributed by atoms with Crippen molar-refractivity contribution in [2.75, 3.05) is 5.01 Å². The van der Waals surface area contributed by atoms with Gasteiger partial charge < -0.3 is 0 Å². The van der Waals surface area contributed by atoms with Crippen molar-refractivity contribution in [1.29, 1.82) is 0 Å². The molecular weight excluding hydrogens is 200 g/mol. The highest BCUT2D eigenvalue weighted by Crippen LogP contribution is 2.24. The Bertz CT molecular complexity index is 401. The minimum absolute atomic E-state index is 0.160. The van der Waals surface area contributed by atoms with Gasteiger partial charge in [-0.3, -0.25) is 4.79 Å². The first kappa shape index (κ1) is 11.1. The summed E-state index contributed by atoms with van der Waals surface area (Å²) >= 11 is 0. The largest absolute Gasteiger partial charge is 0.273 e. The predicted molar refractivity (Wildman–Crippen MR) is 65.0 cm³/mol. The van der Waals surface area contributed by atoms with Crippen molar-refractivity contribution in [2.24, 2.45) is 5.92 Å². The van der Waals surface area contributed by atoms with Gasteiger partial charge in [0.05, 0.1) is 5.69 Å². The lowest BCUT2D eigenvalue weighted by atomic mass is 10.0. The maximum Gasteiger partial charge on any atom is 0.243 e. The van der Waals surface area contributed by atoms with Crippen molar-refractivity contribution in [1.82, 2.24) is 5.43 Å². The summed E-state index contributed by atoms with van der Waals surface area (Å²) < 4.78 is 0. The number of amides is 1. The number of hydrogen-bond acceptors (Lipinski definition) is 2. The molecule has 3 heteroatoms. The number of nitrogens with zero attached hydrogens (tertiary/aromatic N) is 1. The molecule has 1 heterocycles. The number of nitrogens with one attached hydrogen (secondary N) is 1. The summed E-state index contributed by atoms with van der Waals surface area (Å²) in [6.45, 7) is 6.28. The van der Waals surface area contributed by atoms with Gasteiger partial charge in [-0.25, -0.2) is 10.4 Å². The van der Waals surface area contributed by atoms with Gasteiger partial charge >= 0.3 is 0 Å². The normalized spacial score (nSPS) is 20.9. The molecule has 0 aromatic heterocycles. The van der Waals surface area contributed by atoms with Crippen molar-refractivity contribution in [3.05, 3.63) is 29.8 Å². The molecule has 0 spiro atoms. The van der Waals surface area contributed by atoms with E-state index >= 15 is 0 Å². The zero-order valence-corrected chi connectivity index (χ0v) is 10.0. The van der Waals surface area contributed by atoms with E-state index in [2.05, 4.69) is 19.3 Å². The highest BCUT2D eigenvalue weighted by Gasteiger charge is 2.32. The molecule has 1 aliphatic heterocycles. The number of aryl methyl sites for hydroxylation is 1. The van der Waals surface area contributed by atoms with Crippen LogP contribution in [0.2, 0.25) is 0 Å². The van der Waals surface area contributed by atoms with Crippen molar-refractivity contribution in [2.45, 2.75) is 33.2 Å². The number of carbonyl (C=O) groups is 1. The summed E-state index contributed by atoms with van der Waals surface area (Å²) in [4.78, 5) is 11.9. The average Bonchev–Trinajstić information content (AvgIpc) is 2.61. The fourth-order valence-electron chi connectivity index (χ4n) is 1.97. The Morgan fingerprint density at radius 2 is 2.06 bits per heavy atom. The molecule has 1 atom stereocenters. The highest BCUT2D eigenvalue weighted by atomic mass is 16.2. The van der Waals surface area contributed by atoms with Crippen molar-refractivity contribution in [3.63, 3.8) is 0 Å². The van der Waals surface area contributed by atoms with Crippen LogP contribution in [0.4, 0.5) is 5.69 Å². The molecule has 1 aromatic carbocycles. The van der Waals surface area contributed by atoms with E-state index < -0.39 is 0 Å². The second-order valence-electron chi connectivity index (χ2n) is 4.70. The lowest BCUT2D eigenvalue weighted by Crippen LogP contribution is -2.39. The Morgan fingerprint density at radius 1 is 1.38 bits per heavy atom. The Hall–Kier alpha value is -1.35. The minimum Gasteiger partial charge on any atom is -0.273 e. The topological polar surface area (TPSA) is 32.3 Å². The van der Waals surface area contributed by atoms with E-state index in [4.69, 9.17) is 0 Å². The lowest BCUT2D eigenvalue weighted by Gasteiger charge is -2.21. The van der Waals surface area contributed by atoms with Gasteiger partial charge in [0, 0.05) is 12.5 Å². The fraction of sp³-hybridized carbons (Fsp3) is 0.462. The van der Waals surface area contributed by atoms with E-state index in [-0.39, 0.29) is 11.9 Å². The molecule has 1 unspecified atom stereocenters. The molecular formula is C13H18N2O. The quantitative estimate of drug-likeness (QED) is 0.825. The third-order valence-corrected chi connectivity index (χ3v) is 3.10. The number of hydrazine groups is 1. The highest BCUT2D eigenvalue weighted by molar-refractivity contribution is 5.95. The van der Waals surface area contributed by atoms with E-state index in [0.29, 0.717) is 12.3 Å². The summed E-state index contributed by atoms with van der Waals surface area (Å²) in [6, 6.07) is 8.20. The molecule has 2 rings (SSSR count). The molecule has 16 heavy (non-hydrogen) atoms. The first-order valence-corrected chi connectivity index (χ1v) is 5.74. The van der Waals surface area contributed by atoms with Crippen LogP contribution in [0, 0.1) is 12.8 Å². The lowest BCUT2D eigenvalue weighted by molar-refractivity contribution is -0.117. The maximum absolute atomic E-state index is 11.9. The molecule has 1 fully saturated rings. The summed E-state index contributed by atoms with van der Waals surface area (Å²) in [5.74, 6) is 0.631. The van der Waals surface area contributed by atoms with Crippen LogP contribution >= 0.6 is 0 Å². The second kappa shape index (κ2) is 4.26. The summed E-state index contributed by atoms with van der Waals surface area (Å²) in [7, 11) is 0. The van der Waals surface area contributed by atoms with Gasteiger partial charge in [0.1, 0.15) is 0 Å². The third-order valence-electron chi connectivity index (χ3n) is 3.10. The Morgan fingerprint density at radius 3 is 2.62 bits per heavy atom. The summed E-state index contributed by atoms with van der Waals surface area (Å²) in [5, 5.41) is 1.69. The molecule has 1 aromatic rings. The molecule has 3 nitrogen and oxygen atoms in total. The summed E-state index contributed by atoms with van der Waals surface area (Å²) in [5.41, 5.74) is 5.37. The standard InChI is InChI=1S/C13H18N2O/c1-9(2)11-8-13(16)15(14-11)12-7-5-4-6-10(12)3/h4-7,9,11,14H,8H2,1-3H3. The molecule has 0 bridgehead atoms. The Labute approximate surface area is 96.4 Å². The molecule has 1 saturated heterocycles. The van der Waals surface area contributed by atoms with Crippen LogP contribution in [0.1, 0.15) is 25.8 Å². The van der Waals surface area contributed by atoms with Gasteiger partial charge in [-0.05, 0) is 24.5 Å². The van der Waals surface area contributed by atoms with Gasteiger partial charge in [-0.2, -0.15) is 0 Å². The molecule has 1 amide bonds. The van der Waals surface area contributed by atoms with Crippen molar-refractivity contribution >= 4 is 11.6 Å². The number of benzene rings is 1. The Kier molecular flexibility index (Phi) is 2.97. The van der Waals surface area contributed by atoms with Gasteiger partial charge in [-0.15, -0.1) is 0 Å². The van der Waals surface area contributed by atoms with Gasteiger partial charge in [0.25, 0.3) is 0 Å². The molecule has 1 aliphatic rings. The van der Waals surface area contributed by atoms with Crippen LogP contribution in [0.15, 0.2) is 24.3 Å². The first-order valence-electron chi connectivity index (χ1n) is 5.74.